The molecule has 2 rings (SSSR count). The van der Waals surface area contributed by atoms with Crippen LogP contribution in [0.3, 0.4) is 0 Å². The van der Waals surface area contributed by atoms with Gasteiger partial charge in [-0.2, -0.15) is 0 Å². The van der Waals surface area contributed by atoms with E-state index < -0.39 is 0 Å². The Morgan fingerprint density at radius 1 is 1.16 bits per heavy atom. The molecule has 19 heavy (non-hydrogen) atoms. The zero-order chi connectivity index (χ0) is 13.7. The van der Waals surface area contributed by atoms with Crippen molar-refractivity contribution in [3.8, 4) is 0 Å². The molecule has 0 aliphatic rings. The summed E-state index contributed by atoms with van der Waals surface area (Å²) in [6.07, 6.45) is 0. The van der Waals surface area contributed by atoms with Crippen molar-refractivity contribution in [2.24, 2.45) is 0 Å². The van der Waals surface area contributed by atoms with Crippen LogP contribution in [0, 0.1) is 6.92 Å². The van der Waals surface area contributed by atoms with Crippen LogP contribution in [-0.4, -0.2) is 23.6 Å². The Bertz CT molecular complexity index is 525. The van der Waals surface area contributed by atoms with E-state index in [9.17, 15) is 0 Å². The fourth-order valence-corrected chi connectivity index (χ4v) is 2.02. The van der Waals surface area contributed by atoms with Crippen molar-refractivity contribution < 1.29 is 0 Å². The third-order valence-corrected chi connectivity index (χ3v) is 2.99. The van der Waals surface area contributed by atoms with Gasteiger partial charge in [-0.05, 0) is 26.0 Å². The van der Waals surface area contributed by atoms with Gasteiger partial charge in [0, 0.05) is 31.0 Å². The summed E-state index contributed by atoms with van der Waals surface area (Å²) in [6, 6.07) is 12.3. The van der Waals surface area contributed by atoms with Crippen LogP contribution in [0.2, 0.25) is 0 Å². The molecule has 0 aliphatic heterocycles. The highest BCUT2D eigenvalue weighted by Crippen LogP contribution is 2.16. The molecule has 0 saturated heterocycles. The molecule has 0 spiro atoms. The van der Waals surface area contributed by atoms with Gasteiger partial charge in [0.15, 0.2) is 0 Å². The second-order valence-corrected chi connectivity index (χ2v) is 4.41. The highest BCUT2D eigenvalue weighted by Gasteiger charge is 2.08. The van der Waals surface area contributed by atoms with Crippen molar-refractivity contribution in [3.63, 3.8) is 0 Å². The summed E-state index contributed by atoms with van der Waals surface area (Å²) in [5.74, 6) is 1.71. The molecular weight excluding hydrogens is 236 g/mol. The van der Waals surface area contributed by atoms with E-state index in [0.717, 1.165) is 30.4 Å². The lowest BCUT2D eigenvalue weighted by Crippen LogP contribution is -2.23. The average Bonchev–Trinajstić information content (AvgIpc) is 2.45. The molecule has 0 unspecified atom stereocenters. The highest BCUT2D eigenvalue weighted by molar-refractivity contribution is 5.46. The lowest BCUT2D eigenvalue weighted by molar-refractivity contribution is 0.776. The minimum absolute atomic E-state index is 0.719. The number of nitrogens with zero attached hydrogens (tertiary/aromatic N) is 3. The summed E-state index contributed by atoms with van der Waals surface area (Å²) >= 11 is 0. The van der Waals surface area contributed by atoms with Gasteiger partial charge in [-0.15, -0.1) is 0 Å². The van der Waals surface area contributed by atoms with E-state index in [1.165, 1.54) is 5.69 Å². The summed E-state index contributed by atoms with van der Waals surface area (Å²) in [5.41, 5.74) is 2.18. The van der Waals surface area contributed by atoms with Gasteiger partial charge in [0.2, 0.25) is 0 Å². The summed E-state index contributed by atoms with van der Waals surface area (Å²) in [4.78, 5) is 11.3. The smallest absolute Gasteiger partial charge is 0.150 e. The normalized spacial score (nSPS) is 10.3. The molecule has 1 aromatic carbocycles. The molecule has 4 heteroatoms. The zero-order valence-electron chi connectivity index (χ0n) is 11.7. The molecule has 4 nitrogen and oxygen atoms in total. The Labute approximate surface area is 114 Å². The molecule has 0 saturated carbocycles. The summed E-state index contributed by atoms with van der Waals surface area (Å²) < 4.78 is 0. The minimum atomic E-state index is 0.719. The molecule has 0 atom stereocenters. The molecule has 2 aromatic rings. The summed E-state index contributed by atoms with van der Waals surface area (Å²) in [7, 11) is 1.88. The first-order chi connectivity index (χ1) is 9.22. The van der Waals surface area contributed by atoms with Crippen LogP contribution >= 0.6 is 0 Å². The van der Waals surface area contributed by atoms with Crippen LogP contribution in [0.25, 0.3) is 0 Å². The second kappa shape index (κ2) is 6.18. The molecule has 0 radical (unpaired) electrons. The standard InChI is InChI=1S/C15H20N4/c1-4-19(13-8-6-5-7-9-13)11-15-17-12(2)10-14(16-3)18-15/h5-10H,4,11H2,1-3H3,(H,16,17,18). The van der Waals surface area contributed by atoms with Gasteiger partial charge in [-0.25, -0.2) is 9.97 Å². The number of benzene rings is 1. The van der Waals surface area contributed by atoms with Gasteiger partial charge in [-0.1, -0.05) is 18.2 Å². The number of para-hydroxylation sites is 1. The Morgan fingerprint density at radius 3 is 2.53 bits per heavy atom. The lowest BCUT2D eigenvalue weighted by Gasteiger charge is -2.22. The minimum Gasteiger partial charge on any atom is -0.373 e. The largest absolute Gasteiger partial charge is 0.373 e. The molecule has 1 heterocycles. The third-order valence-electron chi connectivity index (χ3n) is 2.99. The number of aromatic nitrogens is 2. The van der Waals surface area contributed by atoms with E-state index in [0.29, 0.717) is 0 Å². The third kappa shape index (κ3) is 3.44. The van der Waals surface area contributed by atoms with E-state index >= 15 is 0 Å². The van der Waals surface area contributed by atoms with Crippen molar-refractivity contribution >= 4 is 11.5 Å². The quantitative estimate of drug-likeness (QED) is 0.893. The van der Waals surface area contributed by atoms with Gasteiger partial charge in [0.05, 0.1) is 6.54 Å². The number of rotatable bonds is 5. The van der Waals surface area contributed by atoms with Crippen LogP contribution in [0.1, 0.15) is 18.4 Å². The lowest BCUT2D eigenvalue weighted by atomic mass is 10.3. The van der Waals surface area contributed by atoms with Crippen molar-refractivity contribution in [1.29, 1.82) is 0 Å². The monoisotopic (exact) mass is 256 g/mol. The van der Waals surface area contributed by atoms with E-state index in [1.54, 1.807) is 0 Å². The van der Waals surface area contributed by atoms with E-state index in [1.807, 2.05) is 38.2 Å². The van der Waals surface area contributed by atoms with E-state index in [-0.39, 0.29) is 0 Å². The molecule has 100 valence electrons. The topological polar surface area (TPSA) is 41.1 Å². The summed E-state index contributed by atoms with van der Waals surface area (Å²) in [5, 5.41) is 3.07. The van der Waals surface area contributed by atoms with E-state index in [4.69, 9.17) is 0 Å². The molecule has 1 aromatic heterocycles. The number of aryl methyl sites for hydroxylation is 1. The first-order valence-corrected chi connectivity index (χ1v) is 6.55. The molecule has 1 N–H and O–H groups in total. The van der Waals surface area contributed by atoms with Crippen molar-refractivity contribution in [2.75, 3.05) is 23.8 Å². The van der Waals surface area contributed by atoms with Crippen LogP contribution in [0.5, 0.6) is 0 Å². The van der Waals surface area contributed by atoms with Gasteiger partial charge < -0.3 is 10.2 Å². The Hall–Kier alpha value is -2.10. The molecule has 0 bridgehead atoms. The predicted molar refractivity (Wildman–Crippen MR) is 79.5 cm³/mol. The Morgan fingerprint density at radius 2 is 1.89 bits per heavy atom. The van der Waals surface area contributed by atoms with Crippen LogP contribution < -0.4 is 10.2 Å². The Kier molecular flexibility index (Phi) is 4.34. The number of hydrogen-bond donors (Lipinski definition) is 1. The van der Waals surface area contributed by atoms with Crippen molar-refractivity contribution in [1.82, 2.24) is 9.97 Å². The molecule has 0 amide bonds. The van der Waals surface area contributed by atoms with Gasteiger partial charge >= 0.3 is 0 Å². The molecular formula is C15H20N4. The number of nitrogens with one attached hydrogen (secondary N) is 1. The zero-order valence-corrected chi connectivity index (χ0v) is 11.7. The highest BCUT2D eigenvalue weighted by atomic mass is 15.2. The Balaban J connectivity index is 2.21. The number of hydrogen-bond acceptors (Lipinski definition) is 4. The fraction of sp³-hybridized carbons (Fsp3) is 0.333. The van der Waals surface area contributed by atoms with Crippen LogP contribution in [0.4, 0.5) is 11.5 Å². The summed E-state index contributed by atoms with van der Waals surface area (Å²) in [6.45, 7) is 5.78. The van der Waals surface area contributed by atoms with Crippen LogP contribution in [0.15, 0.2) is 36.4 Å². The average molecular weight is 256 g/mol. The maximum Gasteiger partial charge on any atom is 0.150 e. The van der Waals surface area contributed by atoms with E-state index in [2.05, 4.69) is 39.2 Å². The molecule has 0 fully saturated rings. The van der Waals surface area contributed by atoms with Crippen LogP contribution in [-0.2, 0) is 6.54 Å². The maximum atomic E-state index is 4.50. The predicted octanol–water partition coefficient (Wildman–Crippen LogP) is 2.85. The first kappa shape index (κ1) is 13.3. The molecule has 0 aliphatic carbocycles. The van der Waals surface area contributed by atoms with Crippen molar-refractivity contribution in [3.05, 3.63) is 47.9 Å². The second-order valence-electron chi connectivity index (χ2n) is 4.41. The fourth-order valence-electron chi connectivity index (χ4n) is 2.02. The van der Waals surface area contributed by atoms with Gasteiger partial charge in [-0.3, -0.25) is 0 Å². The number of anilines is 2. The van der Waals surface area contributed by atoms with Gasteiger partial charge in [0.25, 0.3) is 0 Å². The first-order valence-electron chi connectivity index (χ1n) is 6.55. The maximum absolute atomic E-state index is 4.50. The SMILES string of the molecule is CCN(Cc1nc(C)cc(NC)n1)c1ccccc1. The van der Waals surface area contributed by atoms with Gasteiger partial charge in [0.1, 0.15) is 11.6 Å². The van der Waals surface area contributed by atoms with Crippen molar-refractivity contribution in [2.45, 2.75) is 20.4 Å².